The number of amides is 2. The highest BCUT2D eigenvalue weighted by Crippen LogP contribution is 2.01. The molecular weight excluding hydrogens is 258 g/mol. The van der Waals surface area contributed by atoms with Crippen LogP contribution in [0.2, 0.25) is 0 Å². The van der Waals surface area contributed by atoms with Crippen LogP contribution >= 0.6 is 0 Å². The van der Waals surface area contributed by atoms with Gasteiger partial charge in [-0.2, -0.15) is 0 Å². The Morgan fingerprint density at radius 2 is 1.95 bits per heavy atom. The molecule has 0 aliphatic carbocycles. The van der Waals surface area contributed by atoms with Gasteiger partial charge in [-0.05, 0) is 12.5 Å². The third kappa shape index (κ3) is 5.81. The molecule has 1 unspecified atom stereocenters. The molecular formula is C14H21N3O3. The summed E-state index contributed by atoms with van der Waals surface area (Å²) >= 11 is 0. The van der Waals surface area contributed by atoms with Crippen molar-refractivity contribution in [2.24, 2.45) is 11.5 Å². The quantitative estimate of drug-likeness (QED) is 0.578. The second kappa shape index (κ2) is 7.62. The van der Waals surface area contributed by atoms with Crippen molar-refractivity contribution in [1.82, 2.24) is 5.32 Å². The van der Waals surface area contributed by atoms with Crippen LogP contribution in [0.3, 0.4) is 0 Å². The molecule has 2 amide bonds. The zero-order valence-electron chi connectivity index (χ0n) is 11.6. The maximum absolute atomic E-state index is 11.5. The van der Waals surface area contributed by atoms with Crippen molar-refractivity contribution < 1.29 is 14.3 Å². The number of ether oxygens (including phenoxy) is 1. The van der Waals surface area contributed by atoms with E-state index in [0.717, 1.165) is 5.56 Å². The number of rotatable bonds is 8. The maximum Gasteiger partial charge on any atom is 0.239 e. The van der Waals surface area contributed by atoms with Crippen LogP contribution in [0.25, 0.3) is 0 Å². The molecule has 0 spiro atoms. The fourth-order valence-electron chi connectivity index (χ4n) is 1.39. The van der Waals surface area contributed by atoms with E-state index in [1.807, 2.05) is 30.3 Å². The molecule has 6 nitrogen and oxygen atoms in total. The number of hydrogen-bond acceptors (Lipinski definition) is 4. The van der Waals surface area contributed by atoms with Crippen molar-refractivity contribution in [1.29, 1.82) is 0 Å². The maximum atomic E-state index is 11.5. The summed E-state index contributed by atoms with van der Waals surface area (Å²) in [5.74, 6) is -0.880. The zero-order valence-corrected chi connectivity index (χ0v) is 11.6. The number of primary amides is 1. The normalized spacial score (nSPS) is 13.5. The molecule has 0 aliphatic rings. The van der Waals surface area contributed by atoms with Crippen LogP contribution in [0.4, 0.5) is 0 Å². The third-order valence-electron chi connectivity index (χ3n) is 2.80. The molecule has 5 N–H and O–H groups in total. The van der Waals surface area contributed by atoms with E-state index in [9.17, 15) is 9.59 Å². The molecule has 20 heavy (non-hydrogen) atoms. The van der Waals surface area contributed by atoms with Crippen LogP contribution in [0.15, 0.2) is 30.3 Å². The molecule has 110 valence electrons. The molecule has 1 aromatic carbocycles. The van der Waals surface area contributed by atoms with Crippen LogP contribution in [0.1, 0.15) is 18.9 Å². The Morgan fingerprint density at radius 1 is 1.30 bits per heavy atom. The summed E-state index contributed by atoms with van der Waals surface area (Å²) in [4.78, 5) is 22.5. The van der Waals surface area contributed by atoms with E-state index in [-0.39, 0.29) is 18.9 Å². The molecule has 0 fully saturated rings. The molecule has 0 saturated heterocycles. The van der Waals surface area contributed by atoms with Gasteiger partial charge in [0.2, 0.25) is 11.8 Å². The molecule has 0 aliphatic heterocycles. The van der Waals surface area contributed by atoms with Gasteiger partial charge in [-0.1, -0.05) is 30.3 Å². The fourth-order valence-corrected chi connectivity index (χ4v) is 1.39. The molecule has 0 saturated carbocycles. The highest BCUT2D eigenvalue weighted by molar-refractivity contribution is 5.85. The zero-order chi connectivity index (χ0) is 15.0. The number of carbonyl (C=O) groups is 2. The average Bonchev–Trinajstić information content (AvgIpc) is 2.42. The van der Waals surface area contributed by atoms with Crippen molar-refractivity contribution in [3.63, 3.8) is 0 Å². The first-order chi connectivity index (χ1) is 9.42. The minimum atomic E-state index is -1.24. The summed E-state index contributed by atoms with van der Waals surface area (Å²) < 4.78 is 5.39. The molecule has 1 atom stereocenters. The predicted molar refractivity (Wildman–Crippen MR) is 75.5 cm³/mol. The molecule has 1 aromatic rings. The Labute approximate surface area is 118 Å². The number of hydrogen-bond donors (Lipinski definition) is 3. The first-order valence-corrected chi connectivity index (χ1v) is 6.39. The monoisotopic (exact) mass is 279 g/mol. The lowest BCUT2D eigenvalue weighted by Gasteiger charge is -2.20. The lowest BCUT2D eigenvalue weighted by molar-refractivity contribution is -0.124. The first kappa shape index (κ1) is 16.1. The van der Waals surface area contributed by atoms with E-state index in [1.54, 1.807) is 0 Å². The van der Waals surface area contributed by atoms with Gasteiger partial charge in [-0.25, -0.2) is 0 Å². The van der Waals surface area contributed by atoms with E-state index < -0.39 is 11.4 Å². The van der Waals surface area contributed by atoms with Crippen molar-refractivity contribution in [2.45, 2.75) is 25.5 Å². The fraction of sp³-hybridized carbons (Fsp3) is 0.429. The van der Waals surface area contributed by atoms with Crippen molar-refractivity contribution in [3.8, 4) is 0 Å². The molecule has 0 bridgehead atoms. The van der Waals surface area contributed by atoms with Gasteiger partial charge in [0.15, 0.2) is 0 Å². The van der Waals surface area contributed by atoms with Gasteiger partial charge in [0.05, 0.1) is 13.2 Å². The van der Waals surface area contributed by atoms with Crippen LogP contribution in [-0.2, 0) is 20.9 Å². The SMILES string of the molecule is CC(N)(CNC(=O)CCOCc1ccccc1)C(N)=O. The van der Waals surface area contributed by atoms with E-state index in [2.05, 4.69) is 5.32 Å². The van der Waals surface area contributed by atoms with Gasteiger partial charge < -0.3 is 21.5 Å². The van der Waals surface area contributed by atoms with E-state index in [4.69, 9.17) is 16.2 Å². The average molecular weight is 279 g/mol. The van der Waals surface area contributed by atoms with E-state index in [1.165, 1.54) is 6.92 Å². The van der Waals surface area contributed by atoms with Gasteiger partial charge in [0.25, 0.3) is 0 Å². The second-order valence-electron chi connectivity index (χ2n) is 4.85. The molecule has 1 rings (SSSR count). The first-order valence-electron chi connectivity index (χ1n) is 6.39. The minimum Gasteiger partial charge on any atom is -0.376 e. The summed E-state index contributed by atoms with van der Waals surface area (Å²) in [5, 5.41) is 2.56. The summed E-state index contributed by atoms with van der Waals surface area (Å²) in [6, 6.07) is 9.69. The molecule has 0 heterocycles. The summed E-state index contributed by atoms with van der Waals surface area (Å²) in [5.41, 5.74) is 10.5. The molecule has 0 aromatic heterocycles. The Morgan fingerprint density at radius 3 is 2.55 bits per heavy atom. The van der Waals surface area contributed by atoms with Gasteiger partial charge in [-0.3, -0.25) is 9.59 Å². The molecule has 6 heteroatoms. The third-order valence-corrected chi connectivity index (χ3v) is 2.80. The van der Waals surface area contributed by atoms with Crippen LogP contribution in [-0.4, -0.2) is 30.5 Å². The summed E-state index contributed by atoms with van der Waals surface area (Å²) in [6.45, 7) is 2.25. The van der Waals surface area contributed by atoms with Crippen LogP contribution in [0.5, 0.6) is 0 Å². The summed E-state index contributed by atoms with van der Waals surface area (Å²) in [6.07, 6.45) is 0.210. The van der Waals surface area contributed by atoms with Crippen molar-refractivity contribution in [2.75, 3.05) is 13.2 Å². The number of carbonyl (C=O) groups excluding carboxylic acids is 2. The van der Waals surface area contributed by atoms with Crippen molar-refractivity contribution in [3.05, 3.63) is 35.9 Å². The predicted octanol–water partition coefficient (Wildman–Crippen LogP) is -0.0878. The Hall–Kier alpha value is -1.92. The van der Waals surface area contributed by atoms with E-state index >= 15 is 0 Å². The van der Waals surface area contributed by atoms with Gasteiger partial charge in [0.1, 0.15) is 5.54 Å². The van der Waals surface area contributed by atoms with Crippen LogP contribution < -0.4 is 16.8 Å². The van der Waals surface area contributed by atoms with Gasteiger partial charge >= 0.3 is 0 Å². The highest BCUT2D eigenvalue weighted by atomic mass is 16.5. The Bertz CT molecular complexity index is 446. The lowest BCUT2D eigenvalue weighted by Crippen LogP contribution is -2.56. The van der Waals surface area contributed by atoms with Gasteiger partial charge in [0, 0.05) is 13.0 Å². The number of nitrogens with one attached hydrogen (secondary N) is 1. The second-order valence-corrected chi connectivity index (χ2v) is 4.85. The summed E-state index contributed by atoms with van der Waals surface area (Å²) in [7, 11) is 0. The molecule has 0 radical (unpaired) electrons. The minimum absolute atomic E-state index is 0.0137. The Balaban J connectivity index is 2.16. The van der Waals surface area contributed by atoms with Gasteiger partial charge in [-0.15, -0.1) is 0 Å². The topological polar surface area (TPSA) is 107 Å². The van der Waals surface area contributed by atoms with E-state index in [0.29, 0.717) is 13.2 Å². The Kier molecular flexibility index (Phi) is 6.14. The standard InChI is InChI=1S/C14H21N3O3/c1-14(16,13(15)19)10-17-12(18)7-8-20-9-11-5-3-2-4-6-11/h2-6H,7-10,16H2,1H3,(H2,15,19)(H,17,18). The largest absolute Gasteiger partial charge is 0.376 e. The number of nitrogens with two attached hydrogens (primary N) is 2. The van der Waals surface area contributed by atoms with Crippen LogP contribution in [0, 0.1) is 0 Å². The smallest absolute Gasteiger partial charge is 0.239 e. The highest BCUT2D eigenvalue weighted by Gasteiger charge is 2.25. The van der Waals surface area contributed by atoms with Crippen molar-refractivity contribution >= 4 is 11.8 Å². The number of benzene rings is 1. The lowest BCUT2D eigenvalue weighted by atomic mass is 10.0.